The van der Waals surface area contributed by atoms with Crippen LogP contribution in [0, 0.1) is 19.3 Å². The van der Waals surface area contributed by atoms with Crippen molar-refractivity contribution < 1.29 is 9.32 Å². The van der Waals surface area contributed by atoms with Crippen LogP contribution < -0.4 is 10.6 Å². The van der Waals surface area contributed by atoms with Crippen LogP contribution in [-0.4, -0.2) is 24.2 Å². The molecule has 2 heterocycles. The van der Waals surface area contributed by atoms with E-state index in [1.807, 2.05) is 20.8 Å². The largest absolute Gasteiger partial charge is 0.338 e. The molecule has 1 atom stereocenters. The first-order chi connectivity index (χ1) is 7.53. The number of carbonyl (C=O) groups is 1. The molecule has 1 aliphatic rings. The van der Waals surface area contributed by atoms with Gasteiger partial charge in [-0.15, -0.1) is 0 Å². The Morgan fingerprint density at radius 3 is 2.81 bits per heavy atom. The zero-order valence-electron chi connectivity index (χ0n) is 9.89. The molecule has 0 radical (unpaired) electrons. The minimum atomic E-state index is -0.340. The Bertz CT molecular complexity index is 405. The third kappa shape index (κ3) is 1.82. The molecular weight excluding hydrogens is 206 g/mol. The van der Waals surface area contributed by atoms with Gasteiger partial charge in [-0.05, 0) is 33.7 Å². The van der Waals surface area contributed by atoms with Crippen molar-refractivity contribution in [2.75, 3.05) is 18.4 Å². The van der Waals surface area contributed by atoms with Crippen molar-refractivity contribution in [1.29, 1.82) is 0 Å². The van der Waals surface area contributed by atoms with Crippen LogP contribution in [0.2, 0.25) is 0 Å². The molecule has 2 N–H and O–H groups in total. The lowest BCUT2D eigenvalue weighted by atomic mass is 9.89. The highest BCUT2D eigenvalue weighted by Gasteiger charge is 2.37. The molecule has 5 nitrogen and oxygen atoms in total. The quantitative estimate of drug-likeness (QED) is 0.791. The van der Waals surface area contributed by atoms with Gasteiger partial charge in [0.15, 0.2) is 0 Å². The van der Waals surface area contributed by atoms with Crippen LogP contribution in [0.3, 0.4) is 0 Å². The van der Waals surface area contributed by atoms with E-state index in [9.17, 15) is 4.79 Å². The first-order valence-corrected chi connectivity index (χ1v) is 5.48. The number of hydrogen-bond acceptors (Lipinski definition) is 4. The minimum Gasteiger partial charge on any atom is -0.338 e. The van der Waals surface area contributed by atoms with Gasteiger partial charge in [0.25, 0.3) is 0 Å². The minimum absolute atomic E-state index is 0.00301. The molecule has 1 unspecified atom stereocenters. The SMILES string of the molecule is Cc1noc(NC(=O)C2(C)CCNC2)c1C. The number of amides is 1. The van der Waals surface area contributed by atoms with E-state index < -0.39 is 0 Å². The van der Waals surface area contributed by atoms with E-state index in [2.05, 4.69) is 15.8 Å². The maximum Gasteiger partial charge on any atom is 0.234 e. The maximum atomic E-state index is 12.1. The average Bonchev–Trinajstić information content (AvgIpc) is 2.81. The predicted octanol–water partition coefficient (Wildman–Crippen LogP) is 1.23. The van der Waals surface area contributed by atoms with Gasteiger partial charge in [0.05, 0.1) is 11.1 Å². The zero-order chi connectivity index (χ0) is 11.8. The smallest absolute Gasteiger partial charge is 0.234 e. The van der Waals surface area contributed by atoms with Crippen LogP contribution in [0.4, 0.5) is 5.88 Å². The molecule has 0 aromatic carbocycles. The van der Waals surface area contributed by atoms with Crippen LogP contribution >= 0.6 is 0 Å². The first-order valence-electron chi connectivity index (χ1n) is 5.48. The van der Waals surface area contributed by atoms with E-state index in [4.69, 9.17) is 4.52 Å². The summed E-state index contributed by atoms with van der Waals surface area (Å²) in [7, 11) is 0. The van der Waals surface area contributed by atoms with Crippen molar-refractivity contribution in [3.05, 3.63) is 11.3 Å². The van der Waals surface area contributed by atoms with Crippen LogP contribution in [0.5, 0.6) is 0 Å². The van der Waals surface area contributed by atoms with Crippen molar-refractivity contribution in [1.82, 2.24) is 10.5 Å². The van der Waals surface area contributed by atoms with Crippen molar-refractivity contribution in [2.45, 2.75) is 27.2 Å². The van der Waals surface area contributed by atoms with Gasteiger partial charge >= 0.3 is 0 Å². The van der Waals surface area contributed by atoms with Crippen LogP contribution in [0.15, 0.2) is 4.52 Å². The van der Waals surface area contributed by atoms with E-state index in [0.717, 1.165) is 24.2 Å². The molecule has 0 aliphatic carbocycles. The molecule has 1 saturated heterocycles. The summed E-state index contributed by atoms with van der Waals surface area (Å²) in [4.78, 5) is 12.1. The summed E-state index contributed by atoms with van der Waals surface area (Å²) in [6, 6.07) is 0. The number of nitrogens with one attached hydrogen (secondary N) is 2. The summed E-state index contributed by atoms with van der Waals surface area (Å²) < 4.78 is 5.07. The molecular formula is C11H17N3O2. The predicted molar refractivity (Wildman–Crippen MR) is 60.2 cm³/mol. The van der Waals surface area contributed by atoms with Gasteiger partial charge in [0, 0.05) is 12.1 Å². The highest BCUT2D eigenvalue weighted by Crippen LogP contribution is 2.27. The van der Waals surface area contributed by atoms with Crippen LogP contribution in [0.25, 0.3) is 0 Å². The van der Waals surface area contributed by atoms with E-state index >= 15 is 0 Å². The lowest BCUT2D eigenvalue weighted by Crippen LogP contribution is -2.35. The average molecular weight is 223 g/mol. The Balaban J connectivity index is 2.10. The van der Waals surface area contributed by atoms with Gasteiger partial charge in [0.1, 0.15) is 0 Å². The number of carbonyl (C=O) groups excluding carboxylic acids is 1. The fourth-order valence-corrected chi connectivity index (χ4v) is 1.80. The molecule has 1 aromatic heterocycles. The van der Waals surface area contributed by atoms with Crippen molar-refractivity contribution in [2.24, 2.45) is 5.41 Å². The second-order valence-electron chi connectivity index (χ2n) is 4.66. The highest BCUT2D eigenvalue weighted by atomic mass is 16.5. The Hall–Kier alpha value is -1.36. The Kier molecular flexibility index (Phi) is 2.71. The number of hydrogen-bond donors (Lipinski definition) is 2. The van der Waals surface area contributed by atoms with E-state index in [-0.39, 0.29) is 11.3 Å². The summed E-state index contributed by atoms with van der Waals surface area (Å²) >= 11 is 0. The summed E-state index contributed by atoms with van der Waals surface area (Å²) in [6.45, 7) is 7.30. The lowest BCUT2D eigenvalue weighted by Gasteiger charge is -2.20. The Morgan fingerprint density at radius 2 is 2.31 bits per heavy atom. The number of nitrogens with zero attached hydrogens (tertiary/aromatic N) is 1. The van der Waals surface area contributed by atoms with Crippen LogP contribution in [-0.2, 0) is 4.79 Å². The monoisotopic (exact) mass is 223 g/mol. The molecule has 2 rings (SSSR count). The maximum absolute atomic E-state index is 12.1. The third-order valence-corrected chi connectivity index (χ3v) is 3.30. The normalized spacial score (nSPS) is 24.7. The summed E-state index contributed by atoms with van der Waals surface area (Å²) in [5.41, 5.74) is 1.36. The summed E-state index contributed by atoms with van der Waals surface area (Å²) in [6.07, 6.45) is 0.852. The third-order valence-electron chi connectivity index (χ3n) is 3.30. The molecule has 1 aromatic rings. The van der Waals surface area contributed by atoms with Gasteiger partial charge < -0.3 is 9.84 Å². The second-order valence-corrected chi connectivity index (χ2v) is 4.66. The topological polar surface area (TPSA) is 67.2 Å². The molecule has 0 saturated carbocycles. The van der Waals surface area contributed by atoms with Crippen LogP contribution in [0.1, 0.15) is 24.6 Å². The first kappa shape index (κ1) is 11.1. The molecule has 5 heteroatoms. The van der Waals surface area contributed by atoms with Gasteiger partial charge in [-0.25, -0.2) is 0 Å². The standard InChI is InChI=1S/C11H17N3O2/c1-7-8(2)14-16-9(7)13-10(15)11(3)4-5-12-6-11/h12H,4-6H2,1-3H3,(H,13,15). The highest BCUT2D eigenvalue weighted by molar-refractivity contribution is 5.94. The van der Waals surface area contributed by atoms with E-state index in [1.165, 1.54) is 0 Å². The molecule has 0 spiro atoms. The summed E-state index contributed by atoms with van der Waals surface area (Å²) in [5.74, 6) is 0.465. The van der Waals surface area contributed by atoms with E-state index in [0.29, 0.717) is 12.4 Å². The molecule has 1 aliphatic heterocycles. The van der Waals surface area contributed by atoms with Gasteiger partial charge in [-0.2, -0.15) is 0 Å². The Morgan fingerprint density at radius 1 is 1.56 bits per heavy atom. The molecule has 1 fully saturated rings. The number of anilines is 1. The molecule has 88 valence electrons. The van der Waals surface area contributed by atoms with Crippen molar-refractivity contribution in [3.8, 4) is 0 Å². The fraction of sp³-hybridized carbons (Fsp3) is 0.636. The van der Waals surface area contributed by atoms with Crippen molar-refractivity contribution >= 4 is 11.8 Å². The fourth-order valence-electron chi connectivity index (χ4n) is 1.80. The van der Waals surface area contributed by atoms with E-state index in [1.54, 1.807) is 0 Å². The van der Waals surface area contributed by atoms with Gasteiger partial charge in [-0.3, -0.25) is 10.1 Å². The summed E-state index contributed by atoms with van der Waals surface area (Å²) in [5, 5.41) is 9.81. The molecule has 16 heavy (non-hydrogen) atoms. The molecule has 0 bridgehead atoms. The van der Waals surface area contributed by atoms with Crippen molar-refractivity contribution in [3.63, 3.8) is 0 Å². The molecule has 1 amide bonds. The Labute approximate surface area is 94.6 Å². The number of rotatable bonds is 2. The van der Waals surface area contributed by atoms with Gasteiger partial charge in [0.2, 0.25) is 11.8 Å². The number of aromatic nitrogens is 1. The number of aryl methyl sites for hydroxylation is 1. The second kappa shape index (κ2) is 3.90. The zero-order valence-corrected chi connectivity index (χ0v) is 9.89. The van der Waals surface area contributed by atoms with Gasteiger partial charge in [-0.1, -0.05) is 5.16 Å². The lowest BCUT2D eigenvalue weighted by molar-refractivity contribution is -0.123.